The highest BCUT2D eigenvalue weighted by Crippen LogP contribution is 2.11. The average molecular weight is 274 g/mol. The molecule has 0 amide bonds. The summed E-state index contributed by atoms with van der Waals surface area (Å²) in [5, 5.41) is 8.64. The highest BCUT2D eigenvalue weighted by Gasteiger charge is 2.11. The van der Waals surface area contributed by atoms with Gasteiger partial charge in [-0.3, -0.25) is 9.00 Å². The Hall–Kier alpha value is -1.63. The molecule has 0 bridgehead atoms. The minimum Gasteiger partial charge on any atom is -0.475 e. The second-order valence-electron chi connectivity index (χ2n) is 3.54. The molecule has 1 rings (SSSR count). The van der Waals surface area contributed by atoms with Crippen LogP contribution in [-0.4, -0.2) is 34.1 Å². The number of hydrogen-bond donors (Lipinski definition) is 1. The maximum absolute atomic E-state index is 11.6. The number of hydrogen-bond acceptors (Lipinski definition) is 5. The molecule has 0 fully saturated rings. The maximum Gasteiger partial charge on any atom is 0.371 e. The van der Waals surface area contributed by atoms with Gasteiger partial charge in [0, 0.05) is 23.0 Å². The first-order valence-electron chi connectivity index (χ1n) is 5.26. The van der Waals surface area contributed by atoms with Crippen LogP contribution in [0.5, 0.6) is 0 Å². The minimum atomic E-state index is -1.18. The molecular formula is C11H14O6S. The number of esters is 1. The van der Waals surface area contributed by atoms with Crippen LogP contribution in [0.4, 0.5) is 0 Å². The van der Waals surface area contributed by atoms with Gasteiger partial charge in [-0.2, -0.15) is 0 Å². The predicted octanol–water partition coefficient (Wildman–Crippen LogP) is 1.18. The van der Waals surface area contributed by atoms with Crippen LogP contribution in [0.1, 0.15) is 29.2 Å². The van der Waals surface area contributed by atoms with E-state index in [4.69, 9.17) is 9.52 Å². The second-order valence-corrected chi connectivity index (χ2v) is 5.12. The first-order chi connectivity index (χ1) is 8.52. The van der Waals surface area contributed by atoms with Gasteiger partial charge in [0.25, 0.3) is 0 Å². The monoisotopic (exact) mass is 274 g/mol. The minimum absolute atomic E-state index is 0.147. The van der Waals surface area contributed by atoms with Crippen molar-refractivity contribution < 1.29 is 28.1 Å². The first-order valence-corrected chi connectivity index (χ1v) is 6.75. The lowest BCUT2D eigenvalue weighted by molar-refractivity contribution is -0.140. The van der Waals surface area contributed by atoms with Gasteiger partial charge >= 0.3 is 11.9 Å². The van der Waals surface area contributed by atoms with Crippen LogP contribution in [0.2, 0.25) is 0 Å². The van der Waals surface area contributed by atoms with Crippen LogP contribution in [0.15, 0.2) is 16.5 Å². The molecule has 1 aromatic heterocycles. The summed E-state index contributed by atoms with van der Waals surface area (Å²) in [4.78, 5) is 21.4. The van der Waals surface area contributed by atoms with Gasteiger partial charge in [-0.25, -0.2) is 4.79 Å². The summed E-state index contributed by atoms with van der Waals surface area (Å²) in [5.74, 6) is -0.802. The molecule has 0 spiro atoms. The molecule has 100 valence electrons. The summed E-state index contributed by atoms with van der Waals surface area (Å²) in [6.07, 6.45) is 0.687. The molecule has 1 aromatic rings. The highest BCUT2D eigenvalue weighted by molar-refractivity contribution is 7.84. The van der Waals surface area contributed by atoms with Crippen molar-refractivity contribution in [1.82, 2.24) is 0 Å². The molecule has 18 heavy (non-hydrogen) atoms. The molecule has 6 nitrogen and oxygen atoms in total. The fourth-order valence-electron chi connectivity index (χ4n) is 1.28. The normalized spacial score (nSPS) is 12.1. The van der Waals surface area contributed by atoms with Crippen molar-refractivity contribution in [2.45, 2.75) is 18.6 Å². The number of furan rings is 1. The molecule has 1 unspecified atom stereocenters. The van der Waals surface area contributed by atoms with Crippen molar-refractivity contribution in [3.05, 3.63) is 23.7 Å². The molecule has 0 aliphatic rings. The number of carboxylic acids is 1. The lowest BCUT2D eigenvalue weighted by Crippen LogP contribution is -2.05. The van der Waals surface area contributed by atoms with E-state index in [1.165, 1.54) is 19.2 Å². The summed E-state index contributed by atoms with van der Waals surface area (Å²) in [5.41, 5.74) is 0. The van der Waals surface area contributed by atoms with Gasteiger partial charge in [0.2, 0.25) is 5.76 Å². The zero-order valence-corrected chi connectivity index (χ0v) is 10.7. The summed E-state index contributed by atoms with van der Waals surface area (Å²) in [6.45, 7) is 0. The molecule has 1 N–H and O–H groups in total. The number of carboxylic acid groups (broad SMARTS) is 1. The fourth-order valence-corrected chi connectivity index (χ4v) is 2.36. The summed E-state index contributed by atoms with van der Waals surface area (Å²) >= 11 is 0. The van der Waals surface area contributed by atoms with Crippen molar-refractivity contribution in [1.29, 1.82) is 0 Å². The van der Waals surface area contributed by atoms with E-state index in [1.807, 2.05) is 0 Å². The lowest BCUT2D eigenvalue weighted by atomic mass is 10.3. The van der Waals surface area contributed by atoms with E-state index in [2.05, 4.69) is 4.74 Å². The number of ether oxygens (including phenoxy) is 1. The molecule has 0 aliphatic heterocycles. The number of carbonyl (C=O) groups is 2. The maximum atomic E-state index is 11.6. The van der Waals surface area contributed by atoms with Crippen LogP contribution in [0.3, 0.4) is 0 Å². The van der Waals surface area contributed by atoms with Crippen LogP contribution in [0, 0.1) is 0 Å². The van der Waals surface area contributed by atoms with E-state index in [0.29, 0.717) is 17.9 Å². The van der Waals surface area contributed by atoms with E-state index >= 15 is 0 Å². The van der Waals surface area contributed by atoms with E-state index in [0.717, 1.165) is 0 Å². The molecule has 7 heteroatoms. The largest absolute Gasteiger partial charge is 0.475 e. The Morgan fingerprint density at radius 2 is 2.17 bits per heavy atom. The summed E-state index contributed by atoms with van der Waals surface area (Å²) < 4.78 is 21.1. The summed E-state index contributed by atoms with van der Waals surface area (Å²) in [7, 11) is 0.117. The van der Waals surface area contributed by atoms with Gasteiger partial charge in [-0.05, 0) is 18.6 Å². The van der Waals surface area contributed by atoms with E-state index in [9.17, 15) is 13.8 Å². The van der Waals surface area contributed by atoms with Gasteiger partial charge in [-0.1, -0.05) is 0 Å². The Morgan fingerprint density at radius 1 is 1.44 bits per heavy atom. The highest BCUT2D eigenvalue weighted by atomic mass is 32.2. The standard InChI is InChI=1S/C11H14O6S/c1-16-10(12)3-2-6-18(15)7-8-4-5-9(17-8)11(13)14/h4-5H,2-3,6-7H2,1H3,(H,13,14). The van der Waals surface area contributed by atoms with Crippen LogP contribution in [0.25, 0.3) is 0 Å². The topological polar surface area (TPSA) is 93.8 Å². The van der Waals surface area contributed by atoms with E-state index in [1.54, 1.807) is 0 Å². The SMILES string of the molecule is COC(=O)CCCS(=O)Cc1ccc(C(=O)O)o1. The molecule has 0 saturated carbocycles. The second kappa shape index (κ2) is 6.95. The smallest absolute Gasteiger partial charge is 0.371 e. The zero-order chi connectivity index (χ0) is 13.5. The van der Waals surface area contributed by atoms with Gasteiger partial charge in [0.05, 0.1) is 12.9 Å². The number of methoxy groups -OCH3 is 1. The van der Waals surface area contributed by atoms with Gasteiger partial charge in [0.15, 0.2) is 0 Å². The molecule has 0 saturated heterocycles. The zero-order valence-electron chi connectivity index (χ0n) is 9.88. The first kappa shape index (κ1) is 14.4. The van der Waals surface area contributed by atoms with Crippen molar-refractivity contribution in [2.75, 3.05) is 12.9 Å². The molecule has 0 aromatic carbocycles. The average Bonchev–Trinajstić information content (AvgIpc) is 2.77. The van der Waals surface area contributed by atoms with E-state index in [-0.39, 0.29) is 23.9 Å². The van der Waals surface area contributed by atoms with Crippen LogP contribution < -0.4 is 0 Å². The van der Waals surface area contributed by atoms with Crippen molar-refractivity contribution in [3.63, 3.8) is 0 Å². The predicted molar refractivity (Wildman–Crippen MR) is 63.6 cm³/mol. The van der Waals surface area contributed by atoms with Crippen LogP contribution >= 0.6 is 0 Å². The third-order valence-electron chi connectivity index (χ3n) is 2.16. The quantitative estimate of drug-likeness (QED) is 0.750. The van der Waals surface area contributed by atoms with Gasteiger partial charge in [-0.15, -0.1) is 0 Å². The lowest BCUT2D eigenvalue weighted by Gasteiger charge is -2.00. The molecule has 1 heterocycles. The van der Waals surface area contributed by atoms with Gasteiger partial charge in [0.1, 0.15) is 5.76 Å². The Kier molecular flexibility index (Phi) is 5.57. The van der Waals surface area contributed by atoms with Crippen molar-refractivity contribution >= 4 is 22.7 Å². The molecule has 0 radical (unpaired) electrons. The number of carbonyl (C=O) groups excluding carboxylic acids is 1. The third kappa shape index (κ3) is 4.70. The Bertz CT molecular complexity index is 450. The molecule has 1 atom stereocenters. The Labute approximate surface area is 106 Å². The number of rotatable bonds is 7. The van der Waals surface area contributed by atoms with Crippen LogP contribution in [-0.2, 0) is 26.1 Å². The summed E-state index contributed by atoms with van der Waals surface area (Å²) in [6, 6.07) is 2.81. The fraction of sp³-hybridized carbons (Fsp3) is 0.455. The van der Waals surface area contributed by atoms with E-state index < -0.39 is 16.8 Å². The van der Waals surface area contributed by atoms with Crippen molar-refractivity contribution in [3.8, 4) is 0 Å². The van der Waals surface area contributed by atoms with Crippen molar-refractivity contribution in [2.24, 2.45) is 0 Å². The third-order valence-corrected chi connectivity index (χ3v) is 3.51. The Balaban J connectivity index is 2.35. The Morgan fingerprint density at radius 3 is 2.72 bits per heavy atom. The van der Waals surface area contributed by atoms with Gasteiger partial charge < -0.3 is 14.3 Å². The molecular weight excluding hydrogens is 260 g/mol. The number of aromatic carboxylic acids is 1. The molecule has 0 aliphatic carbocycles.